The molecule has 2 N–H and O–H groups in total. The van der Waals surface area contributed by atoms with Crippen molar-refractivity contribution in [3.8, 4) is 5.75 Å². The van der Waals surface area contributed by atoms with Crippen LogP contribution in [0.25, 0.3) is 10.9 Å². The summed E-state index contributed by atoms with van der Waals surface area (Å²) < 4.78 is 2.02. The van der Waals surface area contributed by atoms with E-state index >= 15 is 0 Å². The van der Waals surface area contributed by atoms with Gasteiger partial charge in [0, 0.05) is 30.7 Å². The van der Waals surface area contributed by atoms with Gasteiger partial charge in [-0.3, -0.25) is 4.79 Å². The second-order valence-corrected chi connectivity index (χ2v) is 4.94. The zero-order valence-corrected chi connectivity index (χ0v) is 11.7. The van der Waals surface area contributed by atoms with E-state index < -0.39 is 0 Å². The third-order valence-electron chi connectivity index (χ3n) is 3.53. The van der Waals surface area contributed by atoms with Crippen LogP contribution in [0.5, 0.6) is 5.75 Å². The molecule has 4 nitrogen and oxygen atoms in total. The average Bonchev–Trinajstić information content (AvgIpc) is 2.85. The maximum absolute atomic E-state index is 12.0. The third-order valence-corrected chi connectivity index (χ3v) is 3.53. The van der Waals surface area contributed by atoms with Crippen LogP contribution in [0, 0.1) is 0 Å². The summed E-state index contributed by atoms with van der Waals surface area (Å²) in [5, 5.41) is 13.1. The van der Waals surface area contributed by atoms with Gasteiger partial charge in [0.05, 0.1) is 5.56 Å². The summed E-state index contributed by atoms with van der Waals surface area (Å²) in [6, 6.07) is 15.2. The summed E-state index contributed by atoms with van der Waals surface area (Å²) in [6.45, 7) is 0.680. The van der Waals surface area contributed by atoms with E-state index in [1.165, 1.54) is 0 Å². The number of amides is 1. The number of nitrogens with zero attached hydrogens (tertiary/aromatic N) is 1. The van der Waals surface area contributed by atoms with Gasteiger partial charge in [0.1, 0.15) is 5.75 Å². The molecule has 0 saturated carbocycles. The molecule has 3 aromatic rings. The van der Waals surface area contributed by atoms with Crippen LogP contribution in [0.15, 0.2) is 54.7 Å². The first-order chi connectivity index (χ1) is 10.2. The van der Waals surface area contributed by atoms with Crippen molar-refractivity contribution in [2.24, 2.45) is 0 Å². The fraction of sp³-hybridized carbons (Fsp3) is 0.118. The van der Waals surface area contributed by atoms with E-state index in [1.807, 2.05) is 47.2 Å². The number of aromatic nitrogens is 1. The number of carbonyl (C=O) groups is 1. The van der Waals surface area contributed by atoms with Crippen LogP contribution in [-0.4, -0.2) is 22.6 Å². The molecule has 0 spiro atoms. The normalized spacial score (nSPS) is 10.7. The number of nitrogens with one attached hydrogen (secondary N) is 1. The molecule has 0 radical (unpaired) electrons. The molecule has 0 saturated heterocycles. The second-order valence-electron chi connectivity index (χ2n) is 4.94. The average molecular weight is 280 g/mol. The van der Waals surface area contributed by atoms with Crippen molar-refractivity contribution < 1.29 is 9.90 Å². The first-order valence-corrected chi connectivity index (χ1v) is 6.77. The van der Waals surface area contributed by atoms with Crippen molar-refractivity contribution in [2.45, 2.75) is 6.54 Å². The maximum Gasteiger partial charge on any atom is 0.253 e. The Hall–Kier alpha value is -2.75. The van der Waals surface area contributed by atoms with Crippen molar-refractivity contribution in [1.82, 2.24) is 9.88 Å². The summed E-state index contributed by atoms with van der Waals surface area (Å²) in [5.41, 5.74) is 2.65. The SMILES string of the molecule is CNC(=O)c1cn(Cc2ccccc2)c2ccc(O)cc12. The predicted molar refractivity (Wildman–Crippen MR) is 82.5 cm³/mol. The second kappa shape index (κ2) is 5.32. The molecule has 3 rings (SSSR count). The minimum Gasteiger partial charge on any atom is -0.508 e. The van der Waals surface area contributed by atoms with Gasteiger partial charge in [-0.2, -0.15) is 0 Å². The zero-order valence-electron chi connectivity index (χ0n) is 11.7. The Kier molecular flexibility index (Phi) is 3.36. The number of carbonyl (C=O) groups excluding carboxylic acids is 1. The lowest BCUT2D eigenvalue weighted by Gasteiger charge is -2.05. The summed E-state index contributed by atoms with van der Waals surface area (Å²) in [4.78, 5) is 12.0. The summed E-state index contributed by atoms with van der Waals surface area (Å²) in [6.07, 6.45) is 1.83. The van der Waals surface area contributed by atoms with Crippen molar-refractivity contribution in [3.05, 3.63) is 65.9 Å². The molecule has 1 amide bonds. The van der Waals surface area contributed by atoms with Gasteiger partial charge < -0.3 is 15.0 Å². The number of fused-ring (bicyclic) bond motifs is 1. The van der Waals surface area contributed by atoms with E-state index in [-0.39, 0.29) is 11.7 Å². The Morgan fingerprint density at radius 3 is 2.67 bits per heavy atom. The van der Waals surface area contributed by atoms with Gasteiger partial charge in [0.15, 0.2) is 0 Å². The number of benzene rings is 2. The molecule has 0 atom stereocenters. The first-order valence-electron chi connectivity index (χ1n) is 6.77. The van der Waals surface area contributed by atoms with E-state index in [0.29, 0.717) is 12.1 Å². The highest BCUT2D eigenvalue weighted by molar-refractivity contribution is 6.07. The van der Waals surface area contributed by atoms with Gasteiger partial charge in [-0.15, -0.1) is 0 Å². The predicted octanol–water partition coefficient (Wildman–Crippen LogP) is 2.75. The Balaban J connectivity index is 2.12. The number of phenolic OH excluding ortho intramolecular Hbond substituents is 1. The number of hydrogen-bond donors (Lipinski definition) is 2. The summed E-state index contributed by atoms with van der Waals surface area (Å²) in [7, 11) is 1.60. The lowest BCUT2D eigenvalue weighted by atomic mass is 10.1. The Morgan fingerprint density at radius 2 is 1.95 bits per heavy atom. The number of hydrogen-bond acceptors (Lipinski definition) is 2. The lowest BCUT2D eigenvalue weighted by molar-refractivity contribution is 0.0964. The highest BCUT2D eigenvalue weighted by atomic mass is 16.3. The van der Waals surface area contributed by atoms with Crippen molar-refractivity contribution in [3.63, 3.8) is 0 Å². The quantitative estimate of drug-likeness (QED) is 0.775. The molecule has 21 heavy (non-hydrogen) atoms. The molecular weight excluding hydrogens is 264 g/mol. The summed E-state index contributed by atoms with van der Waals surface area (Å²) in [5.74, 6) is 0.00234. The monoisotopic (exact) mass is 280 g/mol. The van der Waals surface area contributed by atoms with Crippen LogP contribution >= 0.6 is 0 Å². The molecular formula is C17H16N2O2. The molecule has 0 unspecified atom stereocenters. The standard InChI is InChI=1S/C17H16N2O2/c1-18-17(21)15-11-19(10-12-5-3-2-4-6-12)16-8-7-13(20)9-14(15)16/h2-9,11,20H,10H2,1H3,(H,18,21). The number of phenols is 1. The molecule has 0 aliphatic carbocycles. The van der Waals surface area contributed by atoms with Gasteiger partial charge in [-0.1, -0.05) is 30.3 Å². The van der Waals surface area contributed by atoms with Crippen molar-refractivity contribution in [2.75, 3.05) is 7.05 Å². The Morgan fingerprint density at radius 1 is 1.19 bits per heavy atom. The number of aromatic hydroxyl groups is 1. The van der Waals surface area contributed by atoms with E-state index in [9.17, 15) is 9.90 Å². The van der Waals surface area contributed by atoms with Crippen LogP contribution < -0.4 is 5.32 Å². The smallest absolute Gasteiger partial charge is 0.253 e. The molecule has 106 valence electrons. The van der Waals surface area contributed by atoms with Crippen LogP contribution in [-0.2, 0) is 6.54 Å². The zero-order chi connectivity index (χ0) is 14.8. The fourth-order valence-electron chi connectivity index (χ4n) is 2.51. The van der Waals surface area contributed by atoms with E-state index in [2.05, 4.69) is 5.32 Å². The van der Waals surface area contributed by atoms with Crippen molar-refractivity contribution in [1.29, 1.82) is 0 Å². The molecule has 0 fully saturated rings. The summed E-state index contributed by atoms with van der Waals surface area (Å²) >= 11 is 0. The minimum absolute atomic E-state index is 0.155. The van der Waals surface area contributed by atoms with Gasteiger partial charge in [0.2, 0.25) is 0 Å². The highest BCUT2D eigenvalue weighted by Gasteiger charge is 2.14. The van der Waals surface area contributed by atoms with Gasteiger partial charge in [-0.05, 0) is 23.8 Å². The number of rotatable bonds is 3. The molecule has 0 aliphatic heterocycles. The lowest BCUT2D eigenvalue weighted by Crippen LogP contribution is -2.17. The van der Waals surface area contributed by atoms with Crippen LogP contribution in [0.4, 0.5) is 0 Å². The van der Waals surface area contributed by atoms with E-state index in [0.717, 1.165) is 16.5 Å². The largest absolute Gasteiger partial charge is 0.508 e. The molecule has 0 aliphatic rings. The van der Waals surface area contributed by atoms with Crippen LogP contribution in [0.2, 0.25) is 0 Å². The molecule has 1 heterocycles. The minimum atomic E-state index is -0.155. The molecule has 4 heteroatoms. The van der Waals surface area contributed by atoms with Crippen LogP contribution in [0.1, 0.15) is 15.9 Å². The molecule has 0 bridgehead atoms. The van der Waals surface area contributed by atoms with Gasteiger partial charge in [0.25, 0.3) is 5.91 Å². The van der Waals surface area contributed by atoms with Crippen molar-refractivity contribution >= 4 is 16.8 Å². The van der Waals surface area contributed by atoms with Gasteiger partial charge >= 0.3 is 0 Å². The Labute approximate surface area is 122 Å². The highest BCUT2D eigenvalue weighted by Crippen LogP contribution is 2.26. The van der Waals surface area contributed by atoms with Gasteiger partial charge in [-0.25, -0.2) is 0 Å². The topological polar surface area (TPSA) is 54.3 Å². The third kappa shape index (κ3) is 2.48. The molecule has 1 aromatic heterocycles. The van der Waals surface area contributed by atoms with E-state index in [1.54, 1.807) is 19.2 Å². The molecule has 2 aromatic carbocycles. The first kappa shape index (κ1) is 13.2. The maximum atomic E-state index is 12.0. The fourth-order valence-corrected chi connectivity index (χ4v) is 2.51. The Bertz CT molecular complexity index is 791. The van der Waals surface area contributed by atoms with E-state index in [4.69, 9.17) is 0 Å². The van der Waals surface area contributed by atoms with Crippen LogP contribution in [0.3, 0.4) is 0 Å².